The summed E-state index contributed by atoms with van der Waals surface area (Å²) in [6.45, 7) is 12.6. The molecule has 0 amide bonds. The Morgan fingerprint density at radius 3 is 1.70 bits per heavy atom. The first kappa shape index (κ1) is 49.2. The van der Waals surface area contributed by atoms with E-state index in [-0.39, 0.29) is 69.6 Å². The van der Waals surface area contributed by atoms with Crippen molar-refractivity contribution in [2.24, 2.45) is 4.40 Å². The Kier molecular flexibility index (Phi) is 24.9. The van der Waals surface area contributed by atoms with Gasteiger partial charge in [-0.3, -0.25) is 4.21 Å². The van der Waals surface area contributed by atoms with Crippen LogP contribution >= 0.6 is 0 Å². The molecule has 0 fully saturated rings. The first-order chi connectivity index (χ1) is 20.0. The zero-order valence-corrected chi connectivity index (χ0v) is 32.5. The molecule has 262 valence electrons. The predicted octanol–water partition coefficient (Wildman–Crippen LogP) is 5.89. The van der Waals surface area contributed by atoms with E-state index in [2.05, 4.69) is 9.13 Å². The molecule has 0 aromatic heterocycles. The van der Waals surface area contributed by atoms with Crippen LogP contribution in [0.25, 0.3) is 0 Å². The van der Waals surface area contributed by atoms with Crippen molar-refractivity contribution in [2.75, 3.05) is 19.0 Å². The van der Waals surface area contributed by atoms with Gasteiger partial charge < -0.3 is 33.9 Å². The summed E-state index contributed by atoms with van der Waals surface area (Å²) in [4.78, 5) is 0. The molecular formula is C31H46BrF6MgNO4S2. The molecule has 2 aromatic rings. The van der Waals surface area contributed by atoms with Crippen LogP contribution in [0.2, 0.25) is 0 Å². The Labute approximate surface area is 304 Å². The molecule has 0 bridgehead atoms. The predicted molar refractivity (Wildman–Crippen MR) is 176 cm³/mol. The summed E-state index contributed by atoms with van der Waals surface area (Å²) in [7, 11) is -2.43. The summed E-state index contributed by atoms with van der Waals surface area (Å²) in [5.74, 6) is 0.720. The van der Waals surface area contributed by atoms with E-state index in [1.807, 2.05) is 33.8 Å². The Bertz CT molecular complexity index is 1220. The van der Waals surface area contributed by atoms with Gasteiger partial charge in [-0.15, -0.1) is 0 Å². The summed E-state index contributed by atoms with van der Waals surface area (Å²) in [6, 6.07) is 12.6. The summed E-state index contributed by atoms with van der Waals surface area (Å²) < 4.78 is 115. The van der Waals surface area contributed by atoms with Gasteiger partial charge in [0.15, 0.2) is 13.2 Å². The first-order valence-corrected chi connectivity index (χ1v) is 15.6. The van der Waals surface area contributed by atoms with Crippen LogP contribution in [0.4, 0.5) is 26.3 Å². The Hall–Kier alpha value is -1.16. The van der Waals surface area contributed by atoms with Crippen molar-refractivity contribution in [1.82, 2.24) is 0 Å². The maximum atomic E-state index is 12.1. The van der Waals surface area contributed by atoms with Crippen LogP contribution < -0.4 is 26.5 Å². The molecule has 0 unspecified atom stereocenters. The average molecular weight is 780 g/mol. The van der Waals surface area contributed by atoms with Crippen LogP contribution in [0.1, 0.15) is 80.7 Å². The number of nitrogens with zero attached hydrogens (tertiary/aromatic N) is 1. The molecule has 5 nitrogen and oxygen atoms in total. The van der Waals surface area contributed by atoms with Crippen LogP contribution in [-0.2, 0) is 21.8 Å². The van der Waals surface area contributed by atoms with Gasteiger partial charge in [-0.05, 0) is 82.9 Å². The second-order valence-electron chi connectivity index (χ2n) is 11.1. The van der Waals surface area contributed by atoms with Gasteiger partial charge in [-0.2, -0.15) is 30.7 Å². The second-order valence-corrected chi connectivity index (χ2v) is 15.3. The van der Waals surface area contributed by atoms with Gasteiger partial charge in [-0.1, -0.05) is 45.0 Å². The van der Waals surface area contributed by atoms with E-state index in [0.717, 1.165) is 5.56 Å². The minimum atomic E-state index is -4.38. The fourth-order valence-electron chi connectivity index (χ4n) is 2.77. The molecule has 46 heavy (non-hydrogen) atoms. The molecule has 2 rings (SSSR count). The minimum absolute atomic E-state index is 0. The molecule has 0 N–H and O–H groups in total. The summed E-state index contributed by atoms with van der Waals surface area (Å²) >= 11 is 0. The van der Waals surface area contributed by atoms with Crippen LogP contribution in [0.3, 0.4) is 0 Å². The molecule has 15 heteroatoms. The van der Waals surface area contributed by atoms with Gasteiger partial charge in [0.2, 0.25) is 0 Å². The van der Waals surface area contributed by atoms with Gasteiger partial charge >= 0.3 is 35.4 Å². The molecule has 0 spiro atoms. The molecule has 0 saturated heterocycles. The van der Waals surface area contributed by atoms with Crippen molar-refractivity contribution in [2.45, 2.75) is 90.1 Å². The molecule has 0 aliphatic rings. The van der Waals surface area contributed by atoms with Crippen molar-refractivity contribution in [1.29, 1.82) is 0 Å². The minimum Gasteiger partial charge on any atom is -1.00 e. The number of benzene rings is 2. The smallest absolute Gasteiger partial charge is 1.00 e. The maximum Gasteiger partial charge on any atom is 2.00 e. The van der Waals surface area contributed by atoms with Gasteiger partial charge in [-0.25, -0.2) is 4.21 Å². The van der Waals surface area contributed by atoms with E-state index in [1.54, 1.807) is 52.0 Å². The third kappa shape index (κ3) is 24.0. The fraction of sp³-hybridized carbons (Fsp3) is 0.548. The van der Waals surface area contributed by atoms with Crippen LogP contribution in [0.5, 0.6) is 11.5 Å². The van der Waals surface area contributed by atoms with Gasteiger partial charge in [0, 0.05) is 28.9 Å². The van der Waals surface area contributed by atoms with Gasteiger partial charge in [0.25, 0.3) is 0 Å². The van der Waals surface area contributed by atoms with Crippen molar-refractivity contribution in [3.05, 3.63) is 67.1 Å². The molecule has 0 aliphatic carbocycles. The van der Waals surface area contributed by atoms with E-state index in [9.17, 15) is 34.8 Å². The average Bonchev–Trinajstić information content (AvgIpc) is 2.89. The molecule has 0 radical (unpaired) electrons. The Balaban J connectivity index is -0.000000343. The topological polar surface area (TPSA) is 65.0 Å². The van der Waals surface area contributed by atoms with Crippen LogP contribution in [-0.4, -0.2) is 78.5 Å². The normalized spacial score (nSPS) is 13.8. The number of alkyl halides is 6. The Morgan fingerprint density at radius 2 is 1.28 bits per heavy atom. The summed E-state index contributed by atoms with van der Waals surface area (Å²) in [6.07, 6.45) is -7.37. The zero-order valence-electron chi connectivity index (χ0n) is 28.9. The summed E-state index contributed by atoms with van der Waals surface area (Å²) in [5.41, 5.74) is 1.36. The van der Waals surface area contributed by atoms with Gasteiger partial charge in [0.1, 0.15) is 22.5 Å². The van der Waals surface area contributed by atoms with Gasteiger partial charge in [0.05, 0.1) is 4.75 Å². The number of rotatable bonds is 9. The van der Waals surface area contributed by atoms with E-state index < -0.39 is 52.1 Å². The van der Waals surface area contributed by atoms with Crippen molar-refractivity contribution in [3.63, 3.8) is 0 Å². The molecular weight excluding hydrogens is 733 g/mol. The van der Waals surface area contributed by atoms with E-state index in [4.69, 9.17) is 6.11 Å². The Morgan fingerprint density at radius 1 is 0.848 bits per heavy atom. The van der Waals surface area contributed by atoms with E-state index in [0.29, 0.717) is 18.2 Å². The van der Waals surface area contributed by atoms with E-state index in [1.165, 1.54) is 24.4 Å². The van der Waals surface area contributed by atoms with Crippen LogP contribution in [0.15, 0.2) is 52.9 Å². The van der Waals surface area contributed by atoms with E-state index >= 15 is 0 Å². The van der Waals surface area contributed by atoms with Crippen molar-refractivity contribution < 1.29 is 62.6 Å². The first-order valence-electron chi connectivity index (χ1n) is 13.9. The molecule has 2 aromatic carbocycles. The molecule has 0 heterocycles. The van der Waals surface area contributed by atoms with Crippen molar-refractivity contribution in [3.8, 4) is 11.5 Å². The SMILES string of the molecule is CC(C)(C)[S@@](=O)N=Cc1cccc(OCC(F)(F)F)c1.C[C@H](C[S@](=O)C(C)(C)C)c1cccc(OCC(F)(F)F)c1.[2H]CC.[Br-].[CH3-].[Mg+2]. The maximum absolute atomic E-state index is 12.1. The monoisotopic (exact) mass is 778 g/mol. The number of hydrogen-bond donors (Lipinski definition) is 0. The second kappa shape index (κ2) is 23.2. The largest absolute Gasteiger partial charge is 2.00 e. The fourth-order valence-corrected chi connectivity index (χ4v) is 4.45. The zero-order chi connectivity index (χ0) is 34.4. The third-order valence-electron chi connectivity index (χ3n) is 5.00. The summed E-state index contributed by atoms with van der Waals surface area (Å²) in [5, 5.41) is 0. The number of hydrogen-bond acceptors (Lipinski definition) is 4. The van der Waals surface area contributed by atoms with Crippen LogP contribution in [0, 0.1) is 7.43 Å². The number of halogens is 7. The third-order valence-corrected chi connectivity index (χ3v) is 8.51. The van der Waals surface area contributed by atoms with Crippen molar-refractivity contribution >= 4 is 51.1 Å². The standard InChI is InChI=1S/C15H21F3O2S.C13H16F3NO2S.C2H6.CH3.BrH.Mg/c1-11(9-21(19)14(2,3)4)12-6-5-7-13(8-12)20-10-15(16,17)18;1-12(2,3)20(18)17-8-10-5-4-6-11(7-10)19-9-13(14,15)16;1-2;;;/h5-8,11H,9-10H2,1-4H3;4-8H,9H2,1-3H3;1-2H3;1H3;1H;/q;;;-1;;+2/p-1/t11-,21+;20-;;;;/m11..../s1/i;;1D;;;. The number of ether oxygens (including phenoxy) is 2. The molecule has 0 aliphatic heterocycles. The molecule has 3 atom stereocenters. The molecule has 0 saturated carbocycles. The quantitative estimate of drug-likeness (QED) is 0.138.